The van der Waals surface area contributed by atoms with Gasteiger partial charge < -0.3 is 0 Å². The highest BCUT2D eigenvalue weighted by atomic mass is 32.2. The average Bonchev–Trinajstić information content (AvgIpc) is 2.81. The molecule has 8 heteroatoms. The van der Waals surface area contributed by atoms with Crippen LogP contribution in [0.2, 0.25) is 0 Å². The first-order valence-corrected chi connectivity index (χ1v) is 11.4. The molecule has 0 radical (unpaired) electrons. The first kappa shape index (κ1) is 22.6. The number of hydrogen-bond acceptors (Lipinski definition) is 6. The second kappa shape index (κ2) is 11.3. The second-order valence-corrected chi connectivity index (χ2v) is 8.73. The van der Waals surface area contributed by atoms with Gasteiger partial charge in [0.15, 0.2) is 4.38 Å². The van der Waals surface area contributed by atoms with Crippen LogP contribution in [-0.4, -0.2) is 27.3 Å². The number of benzene rings is 3. The van der Waals surface area contributed by atoms with E-state index in [1.165, 1.54) is 40.4 Å². The van der Waals surface area contributed by atoms with Gasteiger partial charge in [0.1, 0.15) is 0 Å². The van der Waals surface area contributed by atoms with Gasteiger partial charge >= 0.3 is 0 Å². The Hall–Kier alpha value is -3.10. The quantitative estimate of drug-likeness (QED) is 0.196. The van der Waals surface area contributed by atoms with E-state index in [0.717, 1.165) is 15.9 Å². The molecule has 31 heavy (non-hydrogen) atoms. The summed E-state index contributed by atoms with van der Waals surface area (Å²) in [5.74, 6) is 1.15. The summed E-state index contributed by atoms with van der Waals surface area (Å²) in [5.41, 5.74) is 2.63. The second-order valence-electron chi connectivity index (χ2n) is 6.55. The Bertz CT molecular complexity index is 997. The molecule has 3 aromatic rings. The molecule has 3 aromatic carbocycles. The van der Waals surface area contributed by atoms with Crippen molar-refractivity contribution in [3.8, 4) is 0 Å². The number of rotatable bonds is 7. The topological polar surface area (TPSA) is 75.8 Å². The van der Waals surface area contributed by atoms with Gasteiger partial charge in [-0.05, 0) is 23.3 Å². The van der Waals surface area contributed by atoms with Crippen molar-refractivity contribution in [3.05, 3.63) is 112 Å². The van der Waals surface area contributed by atoms with E-state index >= 15 is 0 Å². The molecule has 3 rings (SSSR count). The Morgan fingerprint density at radius 3 is 1.81 bits per heavy atom. The van der Waals surface area contributed by atoms with E-state index < -0.39 is 4.92 Å². The molecule has 0 fully saturated rings. The number of non-ortho nitro benzene ring substituents is 1. The van der Waals surface area contributed by atoms with Crippen LogP contribution >= 0.6 is 23.5 Å². The molecule has 0 N–H and O–H groups in total. The lowest BCUT2D eigenvalue weighted by Gasteiger charge is -2.14. The fraction of sp³-hybridized carbons (Fsp3) is 0.130. The average molecular weight is 452 g/mol. The fourth-order valence-corrected chi connectivity index (χ4v) is 4.63. The normalized spacial score (nSPS) is 10.4. The van der Waals surface area contributed by atoms with Crippen LogP contribution in [0.5, 0.6) is 0 Å². The monoisotopic (exact) mass is 451 g/mol. The molecule has 0 aliphatic rings. The fourth-order valence-electron chi connectivity index (χ4n) is 2.62. The number of carbonyl (C=O) groups excluding carboxylic acids is 1. The molecule has 0 saturated heterocycles. The van der Waals surface area contributed by atoms with Crippen molar-refractivity contribution in [2.24, 2.45) is 5.10 Å². The maximum absolute atomic E-state index is 12.7. The van der Waals surface area contributed by atoms with Crippen LogP contribution in [0.15, 0.2) is 90.0 Å². The Kier molecular flexibility index (Phi) is 8.26. The Balaban J connectivity index is 1.73. The summed E-state index contributed by atoms with van der Waals surface area (Å²) in [4.78, 5) is 23.1. The van der Waals surface area contributed by atoms with Gasteiger partial charge in [0.2, 0.25) is 0 Å². The molecule has 0 spiro atoms. The molecule has 1 amide bonds. The summed E-state index contributed by atoms with van der Waals surface area (Å²) in [6.07, 6.45) is 0. The zero-order valence-corrected chi connectivity index (χ0v) is 18.5. The SMILES string of the molecule is CN(N=C(SCc1ccccc1)SCc1ccccc1)C(=O)c1ccc([N+](=O)[O-])cc1. The highest BCUT2D eigenvalue weighted by molar-refractivity contribution is 8.38. The van der Waals surface area contributed by atoms with Crippen LogP contribution in [0, 0.1) is 10.1 Å². The Morgan fingerprint density at radius 2 is 1.35 bits per heavy atom. The summed E-state index contributed by atoms with van der Waals surface area (Å²) in [6.45, 7) is 0. The Morgan fingerprint density at radius 1 is 0.871 bits per heavy atom. The first-order valence-electron chi connectivity index (χ1n) is 9.47. The first-order chi connectivity index (χ1) is 15.0. The van der Waals surface area contributed by atoms with Crippen molar-refractivity contribution in [1.82, 2.24) is 5.01 Å². The number of nitro benzene ring substituents is 1. The van der Waals surface area contributed by atoms with E-state index in [-0.39, 0.29) is 11.6 Å². The molecule has 0 aromatic heterocycles. The lowest BCUT2D eigenvalue weighted by atomic mass is 10.2. The minimum atomic E-state index is -0.491. The molecule has 158 valence electrons. The van der Waals surface area contributed by atoms with Crippen molar-refractivity contribution in [1.29, 1.82) is 0 Å². The number of nitro groups is 1. The number of amides is 1. The lowest BCUT2D eigenvalue weighted by molar-refractivity contribution is -0.384. The van der Waals surface area contributed by atoms with Crippen LogP contribution < -0.4 is 0 Å². The minimum Gasteiger partial charge on any atom is -0.267 e. The van der Waals surface area contributed by atoms with Gasteiger partial charge in [-0.2, -0.15) is 5.10 Å². The van der Waals surface area contributed by atoms with Crippen LogP contribution in [-0.2, 0) is 11.5 Å². The predicted octanol–water partition coefficient (Wildman–Crippen LogP) is 5.80. The standard InChI is InChI=1S/C23H21N3O3S2/c1-25(22(27)20-12-14-21(15-13-20)26(28)29)24-23(30-16-18-8-4-2-5-9-18)31-17-19-10-6-3-7-11-19/h2-15H,16-17H2,1H3. The van der Waals surface area contributed by atoms with E-state index in [4.69, 9.17) is 0 Å². The van der Waals surface area contributed by atoms with Crippen molar-refractivity contribution in [2.45, 2.75) is 11.5 Å². The third kappa shape index (κ3) is 6.97. The van der Waals surface area contributed by atoms with E-state index in [0.29, 0.717) is 5.56 Å². The van der Waals surface area contributed by atoms with Gasteiger partial charge in [-0.25, -0.2) is 5.01 Å². The maximum Gasteiger partial charge on any atom is 0.273 e. The van der Waals surface area contributed by atoms with Gasteiger partial charge in [-0.3, -0.25) is 14.9 Å². The molecule has 0 bridgehead atoms. The third-order valence-corrected chi connectivity index (χ3v) is 6.58. The molecular formula is C23H21N3O3S2. The molecule has 0 unspecified atom stereocenters. The van der Waals surface area contributed by atoms with Crippen molar-refractivity contribution < 1.29 is 9.72 Å². The number of nitrogens with zero attached hydrogens (tertiary/aromatic N) is 3. The van der Waals surface area contributed by atoms with Gasteiger partial charge in [0.25, 0.3) is 11.6 Å². The minimum absolute atomic E-state index is 0.0553. The number of carbonyl (C=O) groups is 1. The van der Waals surface area contributed by atoms with Gasteiger partial charge in [-0.1, -0.05) is 84.2 Å². The highest BCUT2D eigenvalue weighted by Crippen LogP contribution is 2.25. The van der Waals surface area contributed by atoms with Crippen molar-refractivity contribution in [3.63, 3.8) is 0 Å². The van der Waals surface area contributed by atoms with E-state index in [1.54, 1.807) is 30.6 Å². The van der Waals surface area contributed by atoms with E-state index in [2.05, 4.69) is 29.4 Å². The molecule has 0 aliphatic carbocycles. The highest BCUT2D eigenvalue weighted by Gasteiger charge is 2.15. The summed E-state index contributed by atoms with van der Waals surface area (Å²) in [7, 11) is 1.59. The maximum atomic E-state index is 12.7. The predicted molar refractivity (Wildman–Crippen MR) is 128 cm³/mol. The summed E-state index contributed by atoms with van der Waals surface area (Å²) in [6, 6.07) is 25.7. The molecule has 0 saturated carbocycles. The van der Waals surface area contributed by atoms with Crippen molar-refractivity contribution in [2.75, 3.05) is 7.05 Å². The van der Waals surface area contributed by atoms with Crippen LogP contribution in [0.4, 0.5) is 5.69 Å². The summed E-state index contributed by atoms with van der Waals surface area (Å²) < 4.78 is 0.769. The number of thioether (sulfide) groups is 2. The number of hydrazone groups is 1. The van der Waals surface area contributed by atoms with Gasteiger partial charge in [-0.15, -0.1) is 0 Å². The molecule has 0 aliphatic heterocycles. The zero-order valence-electron chi connectivity index (χ0n) is 16.9. The van der Waals surface area contributed by atoms with Crippen LogP contribution in [0.25, 0.3) is 0 Å². The van der Waals surface area contributed by atoms with Crippen LogP contribution in [0.1, 0.15) is 21.5 Å². The number of hydrogen-bond donors (Lipinski definition) is 0. The van der Waals surface area contributed by atoms with E-state index in [9.17, 15) is 14.9 Å². The Labute approximate surface area is 189 Å². The van der Waals surface area contributed by atoms with Crippen LogP contribution in [0.3, 0.4) is 0 Å². The molecular weight excluding hydrogens is 430 g/mol. The largest absolute Gasteiger partial charge is 0.273 e. The van der Waals surface area contributed by atoms with Gasteiger partial charge in [0, 0.05) is 36.2 Å². The van der Waals surface area contributed by atoms with Gasteiger partial charge in [0.05, 0.1) is 4.92 Å². The molecule has 6 nitrogen and oxygen atoms in total. The van der Waals surface area contributed by atoms with Crippen molar-refractivity contribution >= 4 is 39.5 Å². The molecule has 0 heterocycles. The zero-order chi connectivity index (χ0) is 22.1. The summed E-state index contributed by atoms with van der Waals surface area (Å²) >= 11 is 3.14. The summed E-state index contributed by atoms with van der Waals surface area (Å²) in [5, 5.41) is 16.6. The lowest BCUT2D eigenvalue weighted by Crippen LogP contribution is -2.22. The van der Waals surface area contributed by atoms with E-state index in [1.807, 2.05) is 36.4 Å². The molecule has 0 atom stereocenters. The third-order valence-electron chi connectivity index (χ3n) is 4.26. The smallest absolute Gasteiger partial charge is 0.267 e.